The second kappa shape index (κ2) is 7.93. The number of carbonyl (C=O) groups is 2. The molecule has 2 atom stereocenters. The number of rotatable bonds is 6. The van der Waals surface area contributed by atoms with Crippen LogP contribution in [0.15, 0.2) is 11.4 Å². The molecule has 0 aliphatic carbocycles. The predicted octanol–water partition coefficient (Wildman–Crippen LogP) is 1.77. The summed E-state index contributed by atoms with van der Waals surface area (Å²) >= 11 is 1.83. The van der Waals surface area contributed by atoms with Crippen molar-refractivity contribution in [3.8, 4) is 0 Å². The molecule has 2 heterocycles. The lowest BCUT2D eigenvalue weighted by Gasteiger charge is -2.33. The third-order valence-electron chi connectivity index (χ3n) is 4.34. The molecule has 1 aliphatic heterocycles. The van der Waals surface area contributed by atoms with Gasteiger partial charge in [0.1, 0.15) is 6.04 Å². The Kier molecular flexibility index (Phi) is 6.18. The van der Waals surface area contributed by atoms with Gasteiger partial charge in [0, 0.05) is 37.5 Å². The van der Waals surface area contributed by atoms with E-state index in [-0.39, 0.29) is 23.8 Å². The monoisotopic (exact) mass is 337 g/mol. The van der Waals surface area contributed by atoms with Crippen molar-refractivity contribution in [3.63, 3.8) is 0 Å². The molecule has 0 saturated heterocycles. The molecule has 1 aromatic heterocycles. The van der Waals surface area contributed by atoms with E-state index in [4.69, 9.17) is 0 Å². The van der Waals surface area contributed by atoms with E-state index in [1.165, 1.54) is 17.4 Å². The molecule has 1 aliphatic rings. The minimum Gasteiger partial charge on any atom is -0.353 e. The Morgan fingerprint density at radius 3 is 2.74 bits per heavy atom. The van der Waals surface area contributed by atoms with Crippen LogP contribution in [0.5, 0.6) is 0 Å². The van der Waals surface area contributed by atoms with Gasteiger partial charge in [0.05, 0.1) is 0 Å². The molecule has 2 rings (SSSR count). The van der Waals surface area contributed by atoms with Gasteiger partial charge in [0.25, 0.3) is 0 Å². The second-order valence-electron chi connectivity index (χ2n) is 6.61. The van der Waals surface area contributed by atoms with Crippen LogP contribution in [0, 0.1) is 5.92 Å². The summed E-state index contributed by atoms with van der Waals surface area (Å²) in [7, 11) is 0. The van der Waals surface area contributed by atoms with Crippen molar-refractivity contribution >= 4 is 23.2 Å². The van der Waals surface area contributed by atoms with Crippen molar-refractivity contribution in [1.82, 2.24) is 15.5 Å². The Balaban J connectivity index is 1.85. The molecule has 5 nitrogen and oxygen atoms in total. The molecule has 2 amide bonds. The van der Waals surface area contributed by atoms with Crippen molar-refractivity contribution in [3.05, 3.63) is 21.9 Å². The summed E-state index contributed by atoms with van der Waals surface area (Å²) in [5.74, 6) is -0.208. The Labute approximate surface area is 142 Å². The highest BCUT2D eigenvalue weighted by Gasteiger charge is 2.25. The summed E-state index contributed by atoms with van der Waals surface area (Å²) in [6.45, 7) is 10.0. The van der Waals surface area contributed by atoms with Crippen LogP contribution in [0.2, 0.25) is 0 Å². The predicted molar refractivity (Wildman–Crippen MR) is 93.3 cm³/mol. The fourth-order valence-electron chi connectivity index (χ4n) is 2.89. The first-order valence-corrected chi connectivity index (χ1v) is 9.10. The van der Waals surface area contributed by atoms with E-state index in [2.05, 4.69) is 33.9 Å². The fourth-order valence-corrected chi connectivity index (χ4v) is 3.78. The van der Waals surface area contributed by atoms with Crippen LogP contribution >= 0.6 is 11.3 Å². The number of fused-ring (bicyclic) bond motifs is 1. The summed E-state index contributed by atoms with van der Waals surface area (Å²) < 4.78 is 0. The quantitative estimate of drug-likeness (QED) is 0.832. The van der Waals surface area contributed by atoms with Gasteiger partial charge in [0.15, 0.2) is 0 Å². The molecular formula is C17H27N3O2S. The van der Waals surface area contributed by atoms with E-state index >= 15 is 0 Å². The van der Waals surface area contributed by atoms with Crippen LogP contribution in [-0.2, 0) is 22.6 Å². The Hall–Kier alpha value is -1.40. The van der Waals surface area contributed by atoms with Gasteiger partial charge in [0.2, 0.25) is 11.8 Å². The van der Waals surface area contributed by atoms with Crippen molar-refractivity contribution in [1.29, 1.82) is 0 Å². The highest BCUT2D eigenvalue weighted by Crippen LogP contribution is 2.24. The first kappa shape index (κ1) is 17.9. The second-order valence-corrected chi connectivity index (χ2v) is 7.61. The standard InChI is InChI=1S/C17H27N3O2S/c1-11(2)16(19-13(4)21)17(22)18-9-12(3)20-7-5-15-14(10-20)6-8-23-15/h6,8,11-12,16H,5,7,9-10H2,1-4H3,(H,18,22)(H,19,21)/t12-,16-/m0/s1. The van der Waals surface area contributed by atoms with E-state index in [1.807, 2.05) is 25.2 Å². The van der Waals surface area contributed by atoms with Gasteiger partial charge in [-0.1, -0.05) is 13.8 Å². The number of thiophene rings is 1. The van der Waals surface area contributed by atoms with E-state index in [9.17, 15) is 9.59 Å². The lowest BCUT2D eigenvalue weighted by atomic mass is 10.0. The van der Waals surface area contributed by atoms with Crippen LogP contribution < -0.4 is 10.6 Å². The maximum Gasteiger partial charge on any atom is 0.242 e. The maximum atomic E-state index is 12.3. The molecule has 2 N–H and O–H groups in total. The first-order chi connectivity index (χ1) is 10.9. The molecule has 0 fully saturated rings. The number of nitrogens with one attached hydrogen (secondary N) is 2. The summed E-state index contributed by atoms with van der Waals surface area (Å²) in [5, 5.41) is 7.87. The number of hydrogen-bond donors (Lipinski definition) is 2. The summed E-state index contributed by atoms with van der Waals surface area (Å²) in [5.41, 5.74) is 1.41. The molecule has 1 aromatic rings. The normalized spacial score (nSPS) is 17.4. The summed E-state index contributed by atoms with van der Waals surface area (Å²) in [4.78, 5) is 27.5. The smallest absolute Gasteiger partial charge is 0.242 e. The van der Waals surface area contributed by atoms with Gasteiger partial charge in [-0.3, -0.25) is 14.5 Å². The topological polar surface area (TPSA) is 61.4 Å². The average Bonchev–Trinajstić information content (AvgIpc) is 2.96. The van der Waals surface area contributed by atoms with E-state index in [1.54, 1.807) is 0 Å². The SMILES string of the molecule is CC(=O)N[C@H](C(=O)NC[C@H](C)N1CCc2sccc2C1)C(C)C. The van der Waals surface area contributed by atoms with Crippen molar-refractivity contribution in [2.75, 3.05) is 13.1 Å². The number of carbonyl (C=O) groups excluding carboxylic acids is 2. The Morgan fingerprint density at radius 2 is 2.09 bits per heavy atom. The number of nitrogens with zero attached hydrogens (tertiary/aromatic N) is 1. The number of amides is 2. The molecule has 0 unspecified atom stereocenters. The van der Waals surface area contributed by atoms with Gasteiger partial charge >= 0.3 is 0 Å². The Bertz CT molecular complexity index is 556. The van der Waals surface area contributed by atoms with Crippen LogP contribution in [0.3, 0.4) is 0 Å². The molecule has 0 aromatic carbocycles. The molecule has 0 bridgehead atoms. The summed E-state index contributed by atoms with van der Waals surface area (Å²) in [6.07, 6.45) is 1.09. The van der Waals surface area contributed by atoms with Gasteiger partial charge in [-0.05, 0) is 36.3 Å². The molecule has 6 heteroatoms. The van der Waals surface area contributed by atoms with Crippen molar-refractivity contribution in [2.45, 2.75) is 52.7 Å². The zero-order valence-corrected chi connectivity index (χ0v) is 15.2. The molecule has 0 saturated carbocycles. The van der Waals surface area contributed by atoms with E-state index in [0.717, 1.165) is 19.5 Å². The van der Waals surface area contributed by atoms with Crippen LogP contribution in [0.1, 0.15) is 38.1 Å². The van der Waals surface area contributed by atoms with E-state index in [0.29, 0.717) is 6.54 Å². The molecule has 23 heavy (non-hydrogen) atoms. The maximum absolute atomic E-state index is 12.3. The zero-order valence-electron chi connectivity index (χ0n) is 14.4. The molecular weight excluding hydrogens is 310 g/mol. The molecule has 0 radical (unpaired) electrons. The van der Waals surface area contributed by atoms with Crippen molar-refractivity contribution in [2.24, 2.45) is 5.92 Å². The fraction of sp³-hybridized carbons (Fsp3) is 0.647. The first-order valence-electron chi connectivity index (χ1n) is 8.22. The molecule has 128 valence electrons. The summed E-state index contributed by atoms with van der Waals surface area (Å²) in [6, 6.07) is 2.00. The third-order valence-corrected chi connectivity index (χ3v) is 5.36. The largest absolute Gasteiger partial charge is 0.353 e. The Morgan fingerprint density at radius 1 is 1.35 bits per heavy atom. The average molecular weight is 337 g/mol. The highest BCUT2D eigenvalue weighted by atomic mass is 32.1. The van der Waals surface area contributed by atoms with Crippen LogP contribution in [-0.4, -0.2) is 41.9 Å². The van der Waals surface area contributed by atoms with Gasteiger partial charge in [-0.15, -0.1) is 11.3 Å². The third kappa shape index (κ3) is 4.78. The lowest BCUT2D eigenvalue weighted by Crippen LogP contribution is -2.52. The van der Waals surface area contributed by atoms with Crippen LogP contribution in [0.25, 0.3) is 0 Å². The van der Waals surface area contributed by atoms with E-state index < -0.39 is 6.04 Å². The highest BCUT2D eigenvalue weighted by molar-refractivity contribution is 7.10. The zero-order chi connectivity index (χ0) is 17.0. The minimum absolute atomic E-state index is 0.0672. The van der Waals surface area contributed by atoms with Gasteiger partial charge in [-0.25, -0.2) is 0 Å². The molecule has 0 spiro atoms. The minimum atomic E-state index is -0.468. The van der Waals surface area contributed by atoms with Crippen molar-refractivity contribution < 1.29 is 9.59 Å². The van der Waals surface area contributed by atoms with Gasteiger partial charge < -0.3 is 10.6 Å². The number of hydrogen-bond acceptors (Lipinski definition) is 4. The van der Waals surface area contributed by atoms with Gasteiger partial charge in [-0.2, -0.15) is 0 Å². The van der Waals surface area contributed by atoms with Crippen LogP contribution in [0.4, 0.5) is 0 Å². The lowest BCUT2D eigenvalue weighted by molar-refractivity contribution is -0.129.